The molecule has 2 aromatic carbocycles. The fraction of sp³-hybridized carbons (Fsp3) is 0.111. The quantitative estimate of drug-likeness (QED) is 0.692. The van der Waals surface area contributed by atoms with E-state index >= 15 is 0 Å². The maximum absolute atomic E-state index is 12.7. The van der Waals surface area contributed by atoms with Gasteiger partial charge in [0.05, 0.1) is 0 Å². The van der Waals surface area contributed by atoms with Crippen LogP contribution in [0.15, 0.2) is 60.8 Å². The highest BCUT2D eigenvalue weighted by molar-refractivity contribution is 6.07. The summed E-state index contributed by atoms with van der Waals surface area (Å²) >= 11 is 0. The van der Waals surface area contributed by atoms with Crippen molar-refractivity contribution in [3.63, 3.8) is 0 Å². The first-order chi connectivity index (χ1) is 11.2. The lowest BCUT2D eigenvalue weighted by Crippen LogP contribution is -2.39. The van der Waals surface area contributed by atoms with Crippen LogP contribution in [0.5, 0.6) is 0 Å². The number of hydrogen-bond acceptors (Lipinski definition) is 2. The summed E-state index contributed by atoms with van der Waals surface area (Å²) < 4.78 is 0. The Morgan fingerprint density at radius 1 is 1.00 bits per heavy atom. The maximum Gasteiger partial charge on any atom is 0.252 e. The van der Waals surface area contributed by atoms with Crippen LogP contribution in [-0.2, 0) is 4.79 Å². The zero-order chi connectivity index (χ0) is 16.2. The molecule has 0 aliphatic carbocycles. The summed E-state index contributed by atoms with van der Waals surface area (Å²) in [4.78, 5) is 27.9. The van der Waals surface area contributed by atoms with Crippen LogP contribution in [0.3, 0.4) is 0 Å². The maximum atomic E-state index is 12.7. The van der Waals surface area contributed by atoms with Crippen LogP contribution < -0.4 is 10.6 Å². The van der Waals surface area contributed by atoms with Gasteiger partial charge in [-0.3, -0.25) is 9.59 Å². The normalized spacial score (nSPS) is 11.9. The fourth-order valence-electron chi connectivity index (χ4n) is 2.58. The fourth-order valence-corrected chi connectivity index (χ4v) is 2.58. The van der Waals surface area contributed by atoms with E-state index in [9.17, 15) is 9.59 Å². The van der Waals surface area contributed by atoms with E-state index in [1.807, 2.05) is 48.5 Å². The molecule has 0 saturated carbocycles. The number of aromatic amines is 1. The number of aromatic nitrogens is 1. The Kier molecular flexibility index (Phi) is 4.10. The van der Waals surface area contributed by atoms with Gasteiger partial charge in [0.15, 0.2) is 0 Å². The molecule has 3 rings (SSSR count). The molecule has 1 aromatic heterocycles. The van der Waals surface area contributed by atoms with Crippen LogP contribution in [-0.4, -0.2) is 23.8 Å². The lowest BCUT2D eigenvalue weighted by Gasteiger charge is -2.18. The summed E-state index contributed by atoms with van der Waals surface area (Å²) in [6, 6.07) is 15.8. The number of hydrogen-bond donors (Lipinski definition) is 3. The summed E-state index contributed by atoms with van der Waals surface area (Å²) in [5.74, 6) is -0.543. The predicted molar refractivity (Wildman–Crippen MR) is 89.0 cm³/mol. The number of benzene rings is 2. The Morgan fingerprint density at radius 2 is 1.78 bits per heavy atom. The largest absolute Gasteiger partial charge is 0.361 e. The first kappa shape index (κ1) is 14.8. The number of amides is 2. The first-order valence-electron chi connectivity index (χ1n) is 7.34. The predicted octanol–water partition coefficient (Wildman–Crippen LogP) is 2.38. The van der Waals surface area contributed by atoms with Crippen molar-refractivity contribution in [3.05, 3.63) is 71.9 Å². The van der Waals surface area contributed by atoms with Gasteiger partial charge in [0.2, 0.25) is 5.91 Å². The molecule has 0 radical (unpaired) electrons. The topological polar surface area (TPSA) is 74.0 Å². The molecule has 0 spiro atoms. The molecule has 3 aromatic rings. The minimum Gasteiger partial charge on any atom is -0.361 e. The molecule has 116 valence electrons. The third-order valence-electron chi connectivity index (χ3n) is 3.76. The highest BCUT2D eigenvalue weighted by atomic mass is 16.2. The van der Waals surface area contributed by atoms with Crippen LogP contribution in [0.4, 0.5) is 0 Å². The number of fused-ring (bicyclic) bond motifs is 1. The second-order valence-electron chi connectivity index (χ2n) is 5.18. The van der Waals surface area contributed by atoms with Gasteiger partial charge in [0.25, 0.3) is 5.91 Å². The van der Waals surface area contributed by atoms with E-state index in [1.165, 1.54) is 0 Å². The van der Waals surface area contributed by atoms with E-state index in [-0.39, 0.29) is 11.8 Å². The van der Waals surface area contributed by atoms with E-state index in [2.05, 4.69) is 15.6 Å². The molecular formula is C18H17N3O2. The zero-order valence-corrected chi connectivity index (χ0v) is 12.7. The third-order valence-corrected chi connectivity index (χ3v) is 3.76. The van der Waals surface area contributed by atoms with Gasteiger partial charge in [0.1, 0.15) is 6.04 Å². The van der Waals surface area contributed by atoms with Gasteiger partial charge in [-0.25, -0.2) is 0 Å². The summed E-state index contributed by atoms with van der Waals surface area (Å²) in [6.07, 6.45) is 1.79. The van der Waals surface area contributed by atoms with E-state index in [4.69, 9.17) is 0 Å². The van der Waals surface area contributed by atoms with Gasteiger partial charge in [-0.2, -0.15) is 0 Å². The molecule has 1 atom stereocenters. The molecular weight excluding hydrogens is 290 g/mol. The molecule has 0 saturated heterocycles. The van der Waals surface area contributed by atoms with Crippen molar-refractivity contribution in [3.8, 4) is 0 Å². The smallest absolute Gasteiger partial charge is 0.252 e. The van der Waals surface area contributed by atoms with Crippen LogP contribution in [0.2, 0.25) is 0 Å². The SMILES string of the molecule is CNC(=O)C(NC(=O)c1cccc2[nH]ccc12)c1ccccc1. The summed E-state index contributed by atoms with van der Waals surface area (Å²) in [5, 5.41) is 6.24. The number of nitrogens with one attached hydrogen (secondary N) is 3. The van der Waals surface area contributed by atoms with Gasteiger partial charge in [-0.15, -0.1) is 0 Å². The van der Waals surface area contributed by atoms with Crippen molar-refractivity contribution in [1.82, 2.24) is 15.6 Å². The minimum absolute atomic E-state index is 0.259. The first-order valence-corrected chi connectivity index (χ1v) is 7.34. The Labute approximate surface area is 133 Å². The third kappa shape index (κ3) is 2.94. The monoisotopic (exact) mass is 307 g/mol. The van der Waals surface area contributed by atoms with E-state index in [1.54, 1.807) is 19.3 Å². The highest BCUT2D eigenvalue weighted by Crippen LogP contribution is 2.19. The van der Waals surface area contributed by atoms with Crippen LogP contribution in [0, 0.1) is 0 Å². The molecule has 23 heavy (non-hydrogen) atoms. The molecule has 1 heterocycles. The van der Waals surface area contributed by atoms with Crippen molar-refractivity contribution < 1.29 is 9.59 Å². The van der Waals surface area contributed by atoms with Gasteiger partial charge < -0.3 is 15.6 Å². The van der Waals surface area contributed by atoms with Gasteiger partial charge >= 0.3 is 0 Å². The van der Waals surface area contributed by atoms with Crippen molar-refractivity contribution >= 4 is 22.7 Å². The van der Waals surface area contributed by atoms with Crippen molar-refractivity contribution in [2.45, 2.75) is 6.04 Å². The van der Waals surface area contributed by atoms with Gasteiger partial charge in [0, 0.05) is 29.7 Å². The molecule has 0 aliphatic heterocycles. The molecule has 3 N–H and O–H groups in total. The van der Waals surface area contributed by atoms with E-state index in [0.717, 1.165) is 16.5 Å². The minimum atomic E-state index is -0.733. The zero-order valence-electron chi connectivity index (χ0n) is 12.7. The summed E-state index contributed by atoms with van der Waals surface area (Å²) in [5.41, 5.74) is 2.16. The number of H-pyrrole nitrogens is 1. The Bertz CT molecular complexity index is 840. The summed E-state index contributed by atoms with van der Waals surface area (Å²) in [6.45, 7) is 0. The Balaban J connectivity index is 1.92. The lowest BCUT2D eigenvalue weighted by atomic mass is 10.0. The lowest BCUT2D eigenvalue weighted by molar-refractivity contribution is -0.122. The van der Waals surface area contributed by atoms with Gasteiger partial charge in [-0.05, 0) is 23.8 Å². The van der Waals surface area contributed by atoms with Crippen LogP contribution in [0.25, 0.3) is 10.9 Å². The van der Waals surface area contributed by atoms with Crippen molar-refractivity contribution in [2.24, 2.45) is 0 Å². The standard InChI is InChI=1S/C18H17N3O2/c1-19-18(23)16(12-6-3-2-4-7-12)21-17(22)14-8-5-9-15-13(14)10-11-20-15/h2-11,16,20H,1H3,(H,19,23)(H,21,22). The average molecular weight is 307 g/mol. The number of rotatable bonds is 4. The van der Waals surface area contributed by atoms with Crippen LogP contribution >= 0.6 is 0 Å². The van der Waals surface area contributed by atoms with Gasteiger partial charge in [-0.1, -0.05) is 36.4 Å². The highest BCUT2D eigenvalue weighted by Gasteiger charge is 2.23. The molecule has 0 bridgehead atoms. The molecule has 5 heteroatoms. The second kappa shape index (κ2) is 6.36. The Hall–Kier alpha value is -3.08. The van der Waals surface area contributed by atoms with Crippen molar-refractivity contribution in [1.29, 1.82) is 0 Å². The van der Waals surface area contributed by atoms with Crippen molar-refractivity contribution in [2.75, 3.05) is 7.05 Å². The molecule has 0 aliphatic rings. The number of likely N-dealkylation sites (N-methyl/N-ethyl adjacent to an activating group) is 1. The Morgan fingerprint density at radius 3 is 2.52 bits per heavy atom. The van der Waals surface area contributed by atoms with Crippen LogP contribution in [0.1, 0.15) is 22.0 Å². The molecule has 2 amide bonds. The number of carbonyl (C=O) groups excluding carboxylic acids is 2. The van der Waals surface area contributed by atoms with E-state index < -0.39 is 6.04 Å². The second-order valence-corrected chi connectivity index (χ2v) is 5.18. The molecule has 1 unspecified atom stereocenters. The average Bonchev–Trinajstić information content (AvgIpc) is 3.08. The summed E-state index contributed by atoms with van der Waals surface area (Å²) in [7, 11) is 1.55. The van der Waals surface area contributed by atoms with E-state index in [0.29, 0.717) is 5.56 Å². The number of carbonyl (C=O) groups is 2. The molecule has 5 nitrogen and oxygen atoms in total. The molecule has 0 fully saturated rings.